The highest BCUT2D eigenvalue weighted by atomic mass is 19.1. The standard InChI is InChI=1S/C19H24FN3O/c1-19(2,3)18-21-14(11-24-4)9-17(23-18)22-16-10-15(16)12-5-7-13(20)8-6-12/h5-9,15-16H,10-11H2,1-4H3,(H,21,22,23)/t15-,16+/m0/s1. The van der Waals surface area contributed by atoms with Crippen LogP contribution in [0.15, 0.2) is 30.3 Å². The van der Waals surface area contributed by atoms with Gasteiger partial charge in [-0.05, 0) is 24.1 Å². The molecule has 1 aliphatic rings. The molecule has 128 valence electrons. The second-order valence-electron chi connectivity index (χ2n) is 7.40. The number of halogens is 1. The number of aromatic nitrogens is 2. The minimum atomic E-state index is -0.196. The first-order chi connectivity index (χ1) is 11.4. The van der Waals surface area contributed by atoms with Crippen LogP contribution in [0.1, 0.15) is 50.2 Å². The molecule has 1 N–H and O–H groups in total. The lowest BCUT2D eigenvalue weighted by Crippen LogP contribution is -2.19. The van der Waals surface area contributed by atoms with Crippen LogP contribution in [0.25, 0.3) is 0 Å². The zero-order valence-electron chi connectivity index (χ0n) is 14.6. The van der Waals surface area contributed by atoms with Gasteiger partial charge in [0.05, 0.1) is 12.3 Å². The molecule has 4 nitrogen and oxygen atoms in total. The maximum absolute atomic E-state index is 13.0. The van der Waals surface area contributed by atoms with Gasteiger partial charge >= 0.3 is 0 Å². The molecule has 0 amide bonds. The Morgan fingerprint density at radius 2 is 1.92 bits per heavy atom. The number of nitrogens with zero attached hydrogens (tertiary/aromatic N) is 2. The number of methoxy groups -OCH3 is 1. The van der Waals surface area contributed by atoms with Crippen molar-refractivity contribution in [3.8, 4) is 0 Å². The molecule has 1 aromatic carbocycles. The van der Waals surface area contributed by atoms with E-state index in [1.807, 2.05) is 18.2 Å². The molecule has 1 heterocycles. The van der Waals surface area contributed by atoms with Crippen molar-refractivity contribution in [1.82, 2.24) is 9.97 Å². The predicted molar refractivity (Wildman–Crippen MR) is 92.6 cm³/mol. The Labute approximate surface area is 142 Å². The SMILES string of the molecule is COCc1cc(N[C@@H]2C[C@H]2c2ccc(F)cc2)nc(C(C)(C)C)n1. The third-order valence-corrected chi connectivity index (χ3v) is 4.16. The Morgan fingerprint density at radius 1 is 1.21 bits per heavy atom. The van der Waals surface area contributed by atoms with E-state index in [9.17, 15) is 4.39 Å². The predicted octanol–water partition coefficient (Wildman–Crippen LogP) is 4.03. The van der Waals surface area contributed by atoms with Gasteiger partial charge in [-0.15, -0.1) is 0 Å². The molecule has 1 saturated carbocycles. The van der Waals surface area contributed by atoms with Gasteiger partial charge in [0.15, 0.2) is 0 Å². The van der Waals surface area contributed by atoms with E-state index in [1.54, 1.807) is 7.11 Å². The molecule has 0 spiro atoms. The summed E-state index contributed by atoms with van der Waals surface area (Å²) in [7, 11) is 1.66. The molecule has 3 rings (SSSR count). The Hall–Kier alpha value is -2.01. The number of hydrogen-bond acceptors (Lipinski definition) is 4. The summed E-state index contributed by atoms with van der Waals surface area (Å²) in [5.74, 6) is 1.85. The second-order valence-corrected chi connectivity index (χ2v) is 7.40. The van der Waals surface area contributed by atoms with Crippen LogP contribution in [-0.4, -0.2) is 23.1 Å². The van der Waals surface area contributed by atoms with Crippen LogP contribution in [0, 0.1) is 5.82 Å². The van der Waals surface area contributed by atoms with Crippen LogP contribution in [0.5, 0.6) is 0 Å². The van der Waals surface area contributed by atoms with Crippen molar-refractivity contribution in [2.45, 2.75) is 51.2 Å². The smallest absolute Gasteiger partial charge is 0.136 e. The lowest BCUT2D eigenvalue weighted by atomic mass is 9.95. The van der Waals surface area contributed by atoms with Crippen molar-refractivity contribution in [3.63, 3.8) is 0 Å². The average molecular weight is 329 g/mol. The fraction of sp³-hybridized carbons (Fsp3) is 0.474. The highest BCUT2D eigenvalue weighted by molar-refractivity contribution is 5.43. The lowest BCUT2D eigenvalue weighted by molar-refractivity contribution is 0.181. The van der Waals surface area contributed by atoms with E-state index in [0.717, 1.165) is 29.3 Å². The van der Waals surface area contributed by atoms with E-state index in [4.69, 9.17) is 4.74 Å². The topological polar surface area (TPSA) is 47.0 Å². The van der Waals surface area contributed by atoms with Crippen LogP contribution in [0.3, 0.4) is 0 Å². The van der Waals surface area contributed by atoms with E-state index < -0.39 is 0 Å². The summed E-state index contributed by atoms with van der Waals surface area (Å²) in [5.41, 5.74) is 1.91. The van der Waals surface area contributed by atoms with Crippen molar-refractivity contribution < 1.29 is 9.13 Å². The van der Waals surface area contributed by atoms with Crippen molar-refractivity contribution in [1.29, 1.82) is 0 Å². The van der Waals surface area contributed by atoms with E-state index in [1.165, 1.54) is 12.1 Å². The first kappa shape index (κ1) is 16.8. The molecule has 2 aromatic rings. The number of nitrogens with one attached hydrogen (secondary N) is 1. The molecule has 0 aliphatic heterocycles. The molecule has 24 heavy (non-hydrogen) atoms. The highest BCUT2D eigenvalue weighted by Crippen LogP contribution is 2.42. The maximum atomic E-state index is 13.0. The van der Waals surface area contributed by atoms with Crippen molar-refractivity contribution in [2.75, 3.05) is 12.4 Å². The Bertz CT molecular complexity index is 710. The average Bonchev–Trinajstić information content (AvgIpc) is 3.26. The minimum Gasteiger partial charge on any atom is -0.378 e. The lowest BCUT2D eigenvalue weighted by Gasteiger charge is -2.19. The summed E-state index contributed by atoms with van der Waals surface area (Å²) in [6, 6.07) is 9.03. The molecule has 1 fully saturated rings. The molecule has 0 unspecified atom stereocenters. The number of anilines is 1. The maximum Gasteiger partial charge on any atom is 0.136 e. The normalized spacial score (nSPS) is 20.0. The first-order valence-electron chi connectivity index (χ1n) is 8.26. The zero-order chi connectivity index (χ0) is 17.3. The van der Waals surface area contributed by atoms with E-state index in [-0.39, 0.29) is 11.2 Å². The fourth-order valence-corrected chi connectivity index (χ4v) is 2.75. The van der Waals surface area contributed by atoms with E-state index in [2.05, 4.69) is 36.1 Å². The van der Waals surface area contributed by atoms with Gasteiger partial charge in [0.25, 0.3) is 0 Å². The van der Waals surface area contributed by atoms with Gasteiger partial charge in [-0.2, -0.15) is 0 Å². The summed E-state index contributed by atoms with van der Waals surface area (Å²) in [6.07, 6.45) is 1.03. The molecule has 0 saturated heterocycles. The van der Waals surface area contributed by atoms with Gasteiger partial charge in [0, 0.05) is 30.6 Å². The van der Waals surface area contributed by atoms with Crippen molar-refractivity contribution in [3.05, 3.63) is 53.2 Å². The number of benzene rings is 1. The van der Waals surface area contributed by atoms with Gasteiger partial charge in [-0.1, -0.05) is 32.9 Å². The van der Waals surface area contributed by atoms with Gasteiger partial charge in [0.2, 0.25) is 0 Å². The summed E-state index contributed by atoms with van der Waals surface area (Å²) >= 11 is 0. The highest BCUT2D eigenvalue weighted by Gasteiger charge is 2.38. The third-order valence-electron chi connectivity index (χ3n) is 4.16. The molecular weight excluding hydrogens is 305 g/mol. The minimum absolute atomic E-state index is 0.125. The van der Waals surface area contributed by atoms with Crippen LogP contribution in [-0.2, 0) is 16.8 Å². The third kappa shape index (κ3) is 3.90. The number of hydrogen-bond donors (Lipinski definition) is 1. The molecule has 1 aliphatic carbocycles. The summed E-state index contributed by atoms with van der Waals surface area (Å²) in [4.78, 5) is 9.26. The Balaban J connectivity index is 1.75. The van der Waals surface area contributed by atoms with Crippen LogP contribution < -0.4 is 5.32 Å². The number of ether oxygens (including phenoxy) is 1. The van der Waals surface area contributed by atoms with E-state index in [0.29, 0.717) is 18.6 Å². The fourth-order valence-electron chi connectivity index (χ4n) is 2.75. The summed E-state index contributed by atoms with van der Waals surface area (Å²) in [6.45, 7) is 6.76. The van der Waals surface area contributed by atoms with Gasteiger partial charge in [0.1, 0.15) is 17.5 Å². The monoisotopic (exact) mass is 329 g/mol. The van der Waals surface area contributed by atoms with Gasteiger partial charge < -0.3 is 10.1 Å². The zero-order valence-corrected chi connectivity index (χ0v) is 14.6. The van der Waals surface area contributed by atoms with Crippen molar-refractivity contribution in [2.24, 2.45) is 0 Å². The Kier molecular flexibility index (Phi) is 4.54. The number of rotatable bonds is 5. The molecule has 5 heteroatoms. The summed E-state index contributed by atoms with van der Waals surface area (Å²) in [5, 5.41) is 3.49. The molecular formula is C19H24FN3O. The largest absolute Gasteiger partial charge is 0.378 e. The molecule has 0 bridgehead atoms. The Morgan fingerprint density at radius 3 is 2.54 bits per heavy atom. The second kappa shape index (κ2) is 6.48. The van der Waals surface area contributed by atoms with Crippen molar-refractivity contribution >= 4 is 5.82 Å². The van der Waals surface area contributed by atoms with Crippen LogP contribution in [0.2, 0.25) is 0 Å². The first-order valence-corrected chi connectivity index (χ1v) is 8.26. The molecule has 0 radical (unpaired) electrons. The van der Waals surface area contributed by atoms with Gasteiger partial charge in [-0.3, -0.25) is 0 Å². The summed E-state index contributed by atoms with van der Waals surface area (Å²) < 4.78 is 18.3. The van der Waals surface area contributed by atoms with Crippen LogP contribution in [0.4, 0.5) is 10.2 Å². The molecule has 2 atom stereocenters. The molecule has 1 aromatic heterocycles. The van der Waals surface area contributed by atoms with Gasteiger partial charge in [-0.25, -0.2) is 14.4 Å². The quantitative estimate of drug-likeness (QED) is 0.900. The van der Waals surface area contributed by atoms with E-state index >= 15 is 0 Å². The van der Waals surface area contributed by atoms with Crippen LogP contribution >= 0.6 is 0 Å².